The SMILES string of the molecule is CCC(CC)O[C@@H]1C=C(C)CC[C@H]1C. The molecule has 0 saturated heterocycles. The molecule has 1 rings (SSSR count). The fraction of sp³-hybridized carbons (Fsp3) is 0.846. The monoisotopic (exact) mass is 196 g/mol. The van der Waals surface area contributed by atoms with Gasteiger partial charge >= 0.3 is 0 Å². The van der Waals surface area contributed by atoms with Crippen LogP contribution in [0.15, 0.2) is 11.6 Å². The molecule has 1 heteroatoms. The maximum atomic E-state index is 6.10. The van der Waals surface area contributed by atoms with Gasteiger partial charge in [0.2, 0.25) is 0 Å². The van der Waals surface area contributed by atoms with Gasteiger partial charge in [-0.3, -0.25) is 0 Å². The number of hydrogen-bond acceptors (Lipinski definition) is 1. The minimum Gasteiger partial charge on any atom is -0.371 e. The second kappa shape index (κ2) is 5.55. The Labute approximate surface area is 88.5 Å². The first-order valence-corrected chi connectivity index (χ1v) is 6.00. The summed E-state index contributed by atoms with van der Waals surface area (Å²) in [4.78, 5) is 0. The zero-order valence-electron chi connectivity index (χ0n) is 10.0. The van der Waals surface area contributed by atoms with Crippen LogP contribution in [0.4, 0.5) is 0 Å². The second-order valence-electron chi connectivity index (χ2n) is 4.57. The molecule has 0 saturated carbocycles. The second-order valence-corrected chi connectivity index (χ2v) is 4.57. The van der Waals surface area contributed by atoms with Crippen LogP contribution >= 0.6 is 0 Å². The molecular weight excluding hydrogens is 172 g/mol. The topological polar surface area (TPSA) is 9.23 Å². The quantitative estimate of drug-likeness (QED) is 0.619. The molecule has 0 aromatic rings. The van der Waals surface area contributed by atoms with Crippen LogP contribution < -0.4 is 0 Å². The van der Waals surface area contributed by atoms with Gasteiger partial charge in [-0.2, -0.15) is 0 Å². The van der Waals surface area contributed by atoms with Crippen molar-refractivity contribution in [2.24, 2.45) is 5.92 Å². The molecule has 0 unspecified atom stereocenters. The summed E-state index contributed by atoms with van der Waals surface area (Å²) in [6.07, 6.45) is 7.95. The largest absolute Gasteiger partial charge is 0.371 e. The highest BCUT2D eigenvalue weighted by atomic mass is 16.5. The van der Waals surface area contributed by atoms with E-state index in [2.05, 4.69) is 33.8 Å². The van der Waals surface area contributed by atoms with Gasteiger partial charge in [0, 0.05) is 0 Å². The third-order valence-electron chi connectivity index (χ3n) is 3.26. The van der Waals surface area contributed by atoms with Crippen LogP contribution in [0.25, 0.3) is 0 Å². The smallest absolute Gasteiger partial charge is 0.0787 e. The first-order chi connectivity index (χ1) is 6.67. The van der Waals surface area contributed by atoms with E-state index in [1.807, 2.05) is 0 Å². The Balaban J connectivity index is 2.52. The Hall–Kier alpha value is -0.300. The molecule has 0 amide bonds. The van der Waals surface area contributed by atoms with Gasteiger partial charge in [-0.05, 0) is 38.5 Å². The molecule has 0 N–H and O–H groups in total. The molecule has 0 aromatic heterocycles. The van der Waals surface area contributed by atoms with Gasteiger partial charge < -0.3 is 4.74 Å². The first kappa shape index (κ1) is 11.8. The molecule has 14 heavy (non-hydrogen) atoms. The van der Waals surface area contributed by atoms with Gasteiger partial charge in [-0.15, -0.1) is 0 Å². The van der Waals surface area contributed by atoms with E-state index in [0.29, 0.717) is 18.1 Å². The van der Waals surface area contributed by atoms with Crippen LogP contribution in [0.1, 0.15) is 53.4 Å². The van der Waals surface area contributed by atoms with Crippen molar-refractivity contribution in [2.45, 2.75) is 65.6 Å². The summed E-state index contributed by atoms with van der Waals surface area (Å²) in [5, 5.41) is 0. The van der Waals surface area contributed by atoms with Crippen molar-refractivity contribution in [3.63, 3.8) is 0 Å². The summed E-state index contributed by atoms with van der Waals surface area (Å²) >= 11 is 0. The third-order valence-corrected chi connectivity index (χ3v) is 3.26. The van der Waals surface area contributed by atoms with E-state index in [1.54, 1.807) is 0 Å². The van der Waals surface area contributed by atoms with Crippen LogP contribution in [-0.4, -0.2) is 12.2 Å². The van der Waals surface area contributed by atoms with Gasteiger partial charge in [0.05, 0.1) is 12.2 Å². The van der Waals surface area contributed by atoms with Gasteiger partial charge in [-0.25, -0.2) is 0 Å². The normalized spacial score (nSPS) is 27.9. The fourth-order valence-corrected chi connectivity index (χ4v) is 2.02. The number of hydrogen-bond donors (Lipinski definition) is 0. The average Bonchev–Trinajstić information content (AvgIpc) is 2.19. The van der Waals surface area contributed by atoms with Gasteiger partial charge in [0.1, 0.15) is 0 Å². The van der Waals surface area contributed by atoms with Crippen molar-refractivity contribution in [3.05, 3.63) is 11.6 Å². The first-order valence-electron chi connectivity index (χ1n) is 6.00. The van der Waals surface area contributed by atoms with E-state index >= 15 is 0 Å². The molecule has 0 radical (unpaired) electrons. The highest BCUT2D eigenvalue weighted by Gasteiger charge is 2.22. The summed E-state index contributed by atoms with van der Waals surface area (Å²) in [6.45, 7) is 8.93. The van der Waals surface area contributed by atoms with E-state index in [0.717, 1.165) is 12.8 Å². The van der Waals surface area contributed by atoms with Crippen LogP contribution in [0.5, 0.6) is 0 Å². The molecule has 82 valence electrons. The maximum Gasteiger partial charge on any atom is 0.0787 e. The summed E-state index contributed by atoms with van der Waals surface area (Å²) in [6, 6.07) is 0. The minimum absolute atomic E-state index is 0.369. The van der Waals surface area contributed by atoms with Gasteiger partial charge in [-0.1, -0.05) is 32.4 Å². The Bertz CT molecular complexity index is 191. The lowest BCUT2D eigenvalue weighted by atomic mass is 9.89. The molecule has 0 heterocycles. The average molecular weight is 196 g/mol. The van der Waals surface area contributed by atoms with Gasteiger partial charge in [0.15, 0.2) is 0 Å². The zero-order chi connectivity index (χ0) is 10.6. The van der Waals surface area contributed by atoms with Crippen LogP contribution in [-0.2, 0) is 4.74 Å². The van der Waals surface area contributed by atoms with Crippen molar-refractivity contribution in [3.8, 4) is 0 Å². The fourth-order valence-electron chi connectivity index (χ4n) is 2.02. The van der Waals surface area contributed by atoms with E-state index in [9.17, 15) is 0 Å². The van der Waals surface area contributed by atoms with E-state index in [4.69, 9.17) is 4.74 Å². The lowest BCUT2D eigenvalue weighted by Gasteiger charge is -2.30. The highest BCUT2D eigenvalue weighted by Crippen LogP contribution is 2.27. The predicted molar refractivity (Wildman–Crippen MR) is 61.4 cm³/mol. The molecule has 0 bridgehead atoms. The number of ether oxygens (including phenoxy) is 1. The van der Waals surface area contributed by atoms with Crippen LogP contribution in [0.2, 0.25) is 0 Å². The third kappa shape index (κ3) is 3.13. The standard InChI is InChI=1S/C13H24O/c1-5-12(6-2)14-13-9-10(3)7-8-11(13)4/h9,11-13H,5-8H2,1-4H3/t11-,13-/m1/s1. The van der Waals surface area contributed by atoms with Gasteiger partial charge in [0.25, 0.3) is 0 Å². The van der Waals surface area contributed by atoms with E-state index < -0.39 is 0 Å². The molecule has 0 fully saturated rings. The van der Waals surface area contributed by atoms with Crippen molar-refractivity contribution >= 4 is 0 Å². The number of rotatable bonds is 4. The Kier molecular flexibility index (Phi) is 4.67. The molecule has 1 aliphatic carbocycles. The molecule has 0 aromatic carbocycles. The predicted octanol–water partition coefficient (Wildman–Crippen LogP) is 3.94. The summed E-state index contributed by atoms with van der Waals surface area (Å²) < 4.78 is 6.10. The maximum absolute atomic E-state index is 6.10. The minimum atomic E-state index is 0.369. The van der Waals surface area contributed by atoms with E-state index in [-0.39, 0.29) is 0 Å². The molecule has 0 spiro atoms. The summed E-state index contributed by atoms with van der Waals surface area (Å²) in [5.74, 6) is 0.694. The van der Waals surface area contributed by atoms with Crippen LogP contribution in [0, 0.1) is 5.92 Å². The summed E-state index contributed by atoms with van der Waals surface area (Å²) in [7, 11) is 0. The summed E-state index contributed by atoms with van der Waals surface area (Å²) in [5.41, 5.74) is 1.50. The Morgan fingerprint density at radius 3 is 2.64 bits per heavy atom. The Morgan fingerprint density at radius 1 is 1.43 bits per heavy atom. The van der Waals surface area contributed by atoms with Crippen molar-refractivity contribution in [1.82, 2.24) is 0 Å². The van der Waals surface area contributed by atoms with E-state index in [1.165, 1.54) is 18.4 Å². The lowest BCUT2D eigenvalue weighted by molar-refractivity contribution is -0.0208. The number of allylic oxidation sites excluding steroid dienone is 1. The van der Waals surface area contributed by atoms with Crippen LogP contribution in [0.3, 0.4) is 0 Å². The lowest BCUT2D eigenvalue weighted by Crippen LogP contribution is -2.28. The zero-order valence-corrected chi connectivity index (χ0v) is 10.0. The molecule has 1 aliphatic rings. The molecular formula is C13H24O. The molecule has 0 aliphatic heterocycles. The van der Waals surface area contributed by atoms with Crippen molar-refractivity contribution in [1.29, 1.82) is 0 Å². The molecule has 2 atom stereocenters. The Morgan fingerprint density at radius 2 is 2.07 bits per heavy atom. The van der Waals surface area contributed by atoms with Crippen molar-refractivity contribution in [2.75, 3.05) is 0 Å². The highest BCUT2D eigenvalue weighted by molar-refractivity contribution is 5.07. The van der Waals surface area contributed by atoms with Crippen molar-refractivity contribution < 1.29 is 4.74 Å². The molecule has 1 nitrogen and oxygen atoms in total.